The van der Waals surface area contributed by atoms with Gasteiger partial charge in [-0.2, -0.15) is 0 Å². The fourth-order valence-corrected chi connectivity index (χ4v) is 1.62. The highest BCUT2D eigenvalue weighted by Crippen LogP contribution is 1.94. The van der Waals surface area contributed by atoms with E-state index in [0.29, 0.717) is 0 Å². The lowest BCUT2D eigenvalue weighted by Crippen LogP contribution is -2.57. The molecule has 9 N–H and O–H groups in total. The molecule has 0 aliphatic rings. The summed E-state index contributed by atoms with van der Waals surface area (Å²) in [5, 5.41) is 41.4. The minimum Gasteiger partial charge on any atom is -0.481 e. The third-order valence-electron chi connectivity index (χ3n) is 3.10. The van der Waals surface area contributed by atoms with Crippen LogP contribution in [0.3, 0.4) is 0 Å². The first-order valence-corrected chi connectivity index (χ1v) is 7.36. The molecule has 148 valence electrons. The number of amides is 3. The lowest BCUT2D eigenvalue weighted by atomic mass is 10.1. The summed E-state index contributed by atoms with van der Waals surface area (Å²) in [5.41, 5.74) is 5.32. The monoisotopic (exact) mass is 378 g/mol. The van der Waals surface area contributed by atoms with Crippen LogP contribution < -0.4 is 21.7 Å². The molecule has 0 heterocycles. The molecule has 0 spiro atoms. The number of carbonyl (C=O) groups excluding carboxylic acids is 3. The Morgan fingerprint density at radius 3 is 1.77 bits per heavy atom. The van der Waals surface area contributed by atoms with Crippen molar-refractivity contribution in [2.45, 2.75) is 37.5 Å². The van der Waals surface area contributed by atoms with Crippen molar-refractivity contribution in [3.8, 4) is 0 Å². The summed E-state index contributed by atoms with van der Waals surface area (Å²) >= 11 is 0. The molecule has 0 radical (unpaired) electrons. The average molecular weight is 378 g/mol. The van der Waals surface area contributed by atoms with E-state index in [-0.39, 0.29) is 0 Å². The highest BCUT2D eigenvalue weighted by atomic mass is 16.4. The number of hydrogen-bond donors (Lipinski definition) is 8. The van der Waals surface area contributed by atoms with Gasteiger partial charge in [0.2, 0.25) is 17.7 Å². The molecule has 0 aromatic rings. The van der Waals surface area contributed by atoms with Crippen LogP contribution >= 0.6 is 0 Å². The molecule has 13 nitrogen and oxygen atoms in total. The van der Waals surface area contributed by atoms with Gasteiger partial charge in [-0.3, -0.25) is 19.2 Å². The number of aliphatic carboxylic acids is 2. The van der Waals surface area contributed by atoms with Crippen LogP contribution in [0.15, 0.2) is 0 Å². The van der Waals surface area contributed by atoms with Gasteiger partial charge < -0.3 is 42.1 Å². The van der Waals surface area contributed by atoms with E-state index < -0.39 is 73.5 Å². The maximum atomic E-state index is 12.0. The molecule has 0 saturated heterocycles. The highest BCUT2D eigenvalue weighted by Gasteiger charge is 2.28. The number of aliphatic hydroxyl groups is 2. The lowest BCUT2D eigenvalue weighted by molar-refractivity contribution is -0.143. The first-order chi connectivity index (χ1) is 12.0. The van der Waals surface area contributed by atoms with Crippen molar-refractivity contribution in [2.24, 2.45) is 5.73 Å². The van der Waals surface area contributed by atoms with Gasteiger partial charge >= 0.3 is 11.9 Å². The van der Waals surface area contributed by atoms with Crippen molar-refractivity contribution in [2.75, 3.05) is 13.2 Å². The zero-order chi connectivity index (χ0) is 20.4. The molecule has 0 saturated carbocycles. The Bertz CT molecular complexity index is 554. The summed E-state index contributed by atoms with van der Waals surface area (Å²) < 4.78 is 0. The molecule has 0 aromatic heterocycles. The first kappa shape index (κ1) is 23.2. The number of carboxylic acids is 2. The number of nitrogens with two attached hydrogens (primary N) is 1. The van der Waals surface area contributed by atoms with Crippen molar-refractivity contribution >= 4 is 29.7 Å². The van der Waals surface area contributed by atoms with Gasteiger partial charge in [0, 0.05) is 0 Å². The average Bonchev–Trinajstić information content (AvgIpc) is 2.55. The third kappa shape index (κ3) is 7.87. The molecule has 0 aliphatic carbocycles. The molecule has 0 aliphatic heterocycles. The lowest BCUT2D eigenvalue weighted by Gasteiger charge is -2.21. The minimum atomic E-state index is -1.57. The van der Waals surface area contributed by atoms with Crippen LogP contribution in [-0.4, -0.2) is 87.5 Å². The number of carboxylic acid groups (broad SMARTS) is 2. The molecule has 4 unspecified atom stereocenters. The molecule has 0 fully saturated rings. The van der Waals surface area contributed by atoms with Crippen molar-refractivity contribution in [1.29, 1.82) is 0 Å². The second kappa shape index (κ2) is 11.0. The molecule has 3 amide bonds. The first-order valence-electron chi connectivity index (χ1n) is 7.36. The highest BCUT2D eigenvalue weighted by molar-refractivity contribution is 5.94. The second-order valence-electron chi connectivity index (χ2n) is 5.26. The van der Waals surface area contributed by atoms with Crippen LogP contribution in [0.5, 0.6) is 0 Å². The summed E-state index contributed by atoms with van der Waals surface area (Å²) in [4.78, 5) is 56.6. The molecule has 13 heteroatoms. The number of nitrogens with one attached hydrogen (secondary N) is 3. The number of aliphatic hydroxyl groups excluding tert-OH is 2. The van der Waals surface area contributed by atoms with E-state index in [4.69, 9.17) is 21.1 Å². The molecule has 0 rings (SSSR count). The molecular formula is C13H22N4O9. The Hall–Kier alpha value is -2.77. The smallest absolute Gasteiger partial charge is 0.328 e. The minimum absolute atomic E-state index is 0.692. The number of hydrogen-bond acceptors (Lipinski definition) is 8. The standard InChI is InChI=1S/C13H22N4O9/c1-5(10(22)17-8(4-19)13(25)26)15-12(24)7(3-18)16-11(23)6(14)2-9(20)21/h5-8,18-19H,2-4,14H2,1H3,(H,15,24)(H,16,23)(H,17,22)(H,20,21)(H,25,26). The maximum absolute atomic E-state index is 12.0. The zero-order valence-corrected chi connectivity index (χ0v) is 13.8. The van der Waals surface area contributed by atoms with Crippen LogP contribution in [0, 0.1) is 0 Å². The Morgan fingerprint density at radius 2 is 1.35 bits per heavy atom. The topological polar surface area (TPSA) is 228 Å². The molecule has 26 heavy (non-hydrogen) atoms. The second-order valence-corrected chi connectivity index (χ2v) is 5.26. The van der Waals surface area contributed by atoms with Crippen LogP contribution in [0.1, 0.15) is 13.3 Å². The van der Waals surface area contributed by atoms with Crippen molar-refractivity contribution < 1.29 is 44.4 Å². The Balaban J connectivity index is 4.73. The van der Waals surface area contributed by atoms with E-state index in [0.717, 1.165) is 0 Å². The molecular weight excluding hydrogens is 356 g/mol. The summed E-state index contributed by atoms with van der Waals surface area (Å²) in [6.07, 6.45) is -0.692. The summed E-state index contributed by atoms with van der Waals surface area (Å²) in [7, 11) is 0. The Kier molecular flexibility index (Phi) is 9.80. The Labute approximate surface area is 147 Å². The van der Waals surface area contributed by atoms with E-state index in [1.165, 1.54) is 6.92 Å². The summed E-state index contributed by atoms with van der Waals surface area (Å²) in [5.74, 6) is -5.72. The maximum Gasteiger partial charge on any atom is 0.328 e. The predicted octanol–water partition coefficient (Wildman–Crippen LogP) is -4.67. The van der Waals surface area contributed by atoms with E-state index in [2.05, 4.69) is 5.32 Å². The molecule has 4 atom stereocenters. The van der Waals surface area contributed by atoms with Gasteiger partial charge in [0.1, 0.15) is 18.1 Å². The normalized spacial score (nSPS) is 15.1. The molecule has 0 bridgehead atoms. The quantitative estimate of drug-likeness (QED) is 0.171. The van der Waals surface area contributed by atoms with Crippen molar-refractivity contribution in [3.63, 3.8) is 0 Å². The van der Waals surface area contributed by atoms with Crippen molar-refractivity contribution in [1.82, 2.24) is 16.0 Å². The fourth-order valence-electron chi connectivity index (χ4n) is 1.62. The van der Waals surface area contributed by atoms with Gasteiger partial charge in [0.05, 0.1) is 25.7 Å². The predicted molar refractivity (Wildman–Crippen MR) is 83.5 cm³/mol. The van der Waals surface area contributed by atoms with Gasteiger partial charge in [-0.1, -0.05) is 0 Å². The van der Waals surface area contributed by atoms with E-state index in [9.17, 15) is 29.1 Å². The van der Waals surface area contributed by atoms with Crippen molar-refractivity contribution in [3.05, 3.63) is 0 Å². The van der Waals surface area contributed by atoms with E-state index in [1.807, 2.05) is 10.6 Å². The summed E-state index contributed by atoms with van der Waals surface area (Å²) in [6, 6.07) is -5.78. The van der Waals surface area contributed by atoms with Crippen LogP contribution in [0.4, 0.5) is 0 Å². The zero-order valence-electron chi connectivity index (χ0n) is 13.8. The van der Waals surface area contributed by atoms with Gasteiger partial charge in [0.15, 0.2) is 0 Å². The van der Waals surface area contributed by atoms with Crippen LogP contribution in [0.25, 0.3) is 0 Å². The van der Waals surface area contributed by atoms with E-state index >= 15 is 0 Å². The van der Waals surface area contributed by atoms with Crippen LogP contribution in [-0.2, 0) is 24.0 Å². The van der Waals surface area contributed by atoms with Gasteiger partial charge in [0.25, 0.3) is 0 Å². The fraction of sp³-hybridized carbons (Fsp3) is 0.615. The third-order valence-corrected chi connectivity index (χ3v) is 3.10. The largest absolute Gasteiger partial charge is 0.481 e. The molecule has 0 aromatic carbocycles. The van der Waals surface area contributed by atoms with Gasteiger partial charge in [-0.15, -0.1) is 0 Å². The Morgan fingerprint density at radius 1 is 0.846 bits per heavy atom. The van der Waals surface area contributed by atoms with E-state index in [1.54, 1.807) is 0 Å². The number of carbonyl (C=O) groups is 5. The SMILES string of the molecule is CC(NC(=O)C(CO)NC(=O)C(N)CC(=O)O)C(=O)NC(CO)C(=O)O. The van der Waals surface area contributed by atoms with Gasteiger partial charge in [-0.05, 0) is 6.92 Å². The van der Waals surface area contributed by atoms with Crippen LogP contribution in [0.2, 0.25) is 0 Å². The summed E-state index contributed by atoms with van der Waals surface area (Å²) in [6.45, 7) is -0.519. The number of rotatable bonds is 11. The van der Waals surface area contributed by atoms with Gasteiger partial charge in [-0.25, -0.2) is 4.79 Å².